The zero-order valence-corrected chi connectivity index (χ0v) is 12.8. The lowest BCUT2D eigenvalue weighted by Crippen LogP contribution is -2.43. The van der Waals surface area contributed by atoms with E-state index in [0.717, 1.165) is 50.5 Å². The van der Waals surface area contributed by atoms with Crippen LogP contribution < -0.4 is 10.1 Å². The highest BCUT2D eigenvalue weighted by atomic mass is 16.5. The van der Waals surface area contributed by atoms with Crippen LogP contribution in [0.4, 0.5) is 0 Å². The molecule has 0 spiro atoms. The van der Waals surface area contributed by atoms with Crippen molar-refractivity contribution in [2.75, 3.05) is 39.3 Å². The maximum absolute atomic E-state index is 5.76. The molecule has 3 rings (SSSR count). The van der Waals surface area contributed by atoms with Gasteiger partial charge in [-0.1, -0.05) is 6.07 Å². The van der Waals surface area contributed by atoms with E-state index in [1.807, 2.05) is 24.3 Å². The summed E-state index contributed by atoms with van der Waals surface area (Å²) in [5.41, 5.74) is 1.76. The first kappa shape index (κ1) is 15.0. The molecule has 1 saturated heterocycles. The second-order valence-electron chi connectivity index (χ2n) is 5.48. The summed E-state index contributed by atoms with van der Waals surface area (Å²) in [4.78, 5) is 7.00. The lowest BCUT2D eigenvalue weighted by molar-refractivity contribution is 0.224. The molecule has 0 aromatic carbocycles. The van der Waals surface area contributed by atoms with Crippen molar-refractivity contribution in [1.29, 1.82) is 0 Å². The normalized spacial score (nSPS) is 15.8. The number of nitrogens with one attached hydrogen (secondary N) is 2. The highest BCUT2D eigenvalue weighted by molar-refractivity contribution is 5.53. The Kier molecular flexibility index (Phi) is 5.39. The first-order valence-electron chi connectivity index (χ1n) is 7.94. The van der Waals surface area contributed by atoms with Gasteiger partial charge in [0.05, 0.1) is 18.0 Å². The van der Waals surface area contributed by atoms with Crippen LogP contribution in [0.2, 0.25) is 0 Å². The average Bonchev–Trinajstić information content (AvgIpc) is 3.10. The van der Waals surface area contributed by atoms with E-state index >= 15 is 0 Å². The second-order valence-corrected chi connectivity index (χ2v) is 5.48. The smallest absolute Gasteiger partial charge is 0.213 e. The first-order valence-corrected chi connectivity index (χ1v) is 7.94. The SMILES string of the molecule is c1cc(OCCCCN2CCNCC2)nc(-c2ccn[nH]2)c1. The van der Waals surface area contributed by atoms with Crippen molar-refractivity contribution in [1.82, 2.24) is 25.4 Å². The molecule has 2 N–H and O–H groups in total. The number of hydrogen-bond acceptors (Lipinski definition) is 5. The predicted molar refractivity (Wildman–Crippen MR) is 85.9 cm³/mol. The Hall–Kier alpha value is -1.92. The molecule has 6 nitrogen and oxygen atoms in total. The number of unbranched alkanes of at least 4 members (excludes halogenated alkanes) is 1. The number of pyridine rings is 1. The molecular formula is C16H23N5O. The van der Waals surface area contributed by atoms with Gasteiger partial charge in [0.25, 0.3) is 0 Å². The van der Waals surface area contributed by atoms with Crippen molar-refractivity contribution >= 4 is 0 Å². The topological polar surface area (TPSA) is 66.1 Å². The van der Waals surface area contributed by atoms with Crippen LogP contribution in [0.25, 0.3) is 11.4 Å². The van der Waals surface area contributed by atoms with Crippen molar-refractivity contribution in [2.24, 2.45) is 0 Å². The lowest BCUT2D eigenvalue weighted by atomic mass is 10.2. The summed E-state index contributed by atoms with van der Waals surface area (Å²) >= 11 is 0. The number of ether oxygens (including phenoxy) is 1. The summed E-state index contributed by atoms with van der Waals surface area (Å²) in [5, 5.41) is 10.2. The number of rotatable bonds is 7. The van der Waals surface area contributed by atoms with E-state index < -0.39 is 0 Å². The summed E-state index contributed by atoms with van der Waals surface area (Å²) < 4.78 is 5.76. The zero-order chi connectivity index (χ0) is 15.0. The third kappa shape index (κ3) is 4.29. The van der Waals surface area contributed by atoms with Gasteiger partial charge >= 0.3 is 0 Å². The molecule has 2 aromatic heterocycles. The van der Waals surface area contributed by atoms with E-state index in [0.29, 0.717) is 12.5 Å². The quantitative estimate of drug-likeness (QED) is 0.759. The fourth-order valence-corrected chi connectivity index (χ4v) is 2.59. The van der Waals surface area contributed by atoms with Crippen LogP contribution >= 0.6 is 0 Å². The Labute approximate surface area is 130 Å². The van der Waals surface area contributed by atoms with Crippen LogP contribution in [0.1, 0.15) is 12.8 Å². The molecule has 0 amide bonds. The Bertz CT molecular complexity index is 551. The van der Waals surface area contributed by atoms with E-state index in [-0.39, 0.29) is 0 Å². The van der Waals surface area contributed by atoms with Gasteiger partial charge in [0.15, 0.2) is 0 Å². The molecule has 0 atom stereocenters. The Morgan fingerprint density at radius 2 is 2.05 bits per heavy atom. The Balaban J connectivity index is 1.39. The molecule has 2 aromatic rings. The van der Waals surface area contributed by atoms with E-state index in [9.17, 15) is 0 Å². The van der Waals surface area contributed by atoms with Gasteiger partial charge in [0, 0.05) is 38.4 Å². The minimum absolute atomic E-state index is 0.675. The van der Waals surface area contributed by atoms with Gasteiger partial charge in [-0.3, -0.25) is 5.10 Å². The van der Waals surface area contributed by atoms with Crippen LogP contribution in [0.5, 0.6) is 5.88 Å². The number of hydrogen-bond donors (Lipinski definition) is 2. The van der Waals surface area contributed by atoms with Gasteiger partial charge in [-0.05, 0) is 31.5 Å². The van der Waals surface area contributed by atoms with Gasteiger partial charge in [0.2, 0.25) is 5.88 Å². The van der Waals surface area contributed by atoms with Crippen molar-refractivity contribution in [2.45, 2.75) is 12.8 Å². The van der Waals surface area contributed by atoms with E-state index in [1.165, 1.54) is 6.42 Å². The molecule has 22 heavy (non-hydrogen) atoms. The minimum Gasteiger partial charge on any atom is -0.478 e. The monoisotopic (exact) mass is 301 g/mol. The summed E-state index contributed by atoms with van der Waals surface area (Å²) in [7, 11) is 0. The largest absolute Gasteiger partial charge is 0.478 e. The minimum atomic E-state index is 0.675. The van der Waals surface area contributed by atoms with Crippen LogP contribution in [-0.2, 0) is 0 Å². The molecule has 0 radical (unpaired) electrons. The van der Waals surface area contributed by atoms with Crippen molar-refractivity contribution < 1.29 is 4.74 Å². The Morgan fingerprint density at radius 1 is 1.14 bits per heavy atom. The van der Waals surface area contributed by atoms with Gasteiger partial charge < -0.3 is 15.0 Å². The second kappa shape index (κ2) is 7.91. The molecule has 118 valence electrons. The van der Waals surface area contributed by atoms with Crippen molar-refractivity contribution in [3.8, 4) is 17.3 Å². The molecule has 0 bridgehead atoms. The fourth-order valence-electron chi connectivity index (χ4n) is 2.59. The van der Waals surface area contributed by atoms with E-state index in [2.05, 4.69) is 25.4 Å². The third-order valence-corrected chi connectivity index (χ3v) is 3.83. The lowest BCUT2D eigenvalue weighted by Gasteiger charge is -2.26. The fraction of sp³-hybridized carbons (Fsp3) is 0.500. The molecule has 6 heteroatoms. The van der Waals surface area contributed by atoms with Gasteiger partial charge in [-0.15, -0.1) is 0 Å². The van der Waals surface area contributed by atoms with Crippen LogP contribution in [-0.4, -0.2) is 59.4 Å². The van der Waals surface area contributed by atoms with Crippen molar-refractivity contribution in [3.05, 3.63) is 30.5 Å². The summed E-state index contributed by atoms with van der Waals surface area (Å²) in [6.45, 7) is 6.42. The Morgan fingerprint density at radius 3 is 2.86 bits per heavy atom. The molecular weight excluding hydrogens is 278 g/mol. The van der Waals surface area contributed by atoms with E-state index in [1.54, 1.807) is 6.20 Å². The zero-order valence-electron chi connectivity index (χ0n) is 12.8. The van der Waals surface area contributed by atoms with Gasteiger partial charge in [0.1, 0.15) is 0 Å². The molecule has 0 aliphatic carbocycles. The maximum atomic E-state index is 5.76. The number of aromatic nitrogens is 3. The van der Waals surface area contributed by atoms with Crippen molar-refractivity contribution in [3.63, 3.8) is 0 Å². The van der Waals surface area contributed by atoms with Gasteiger partial charge in [-0.2, -0.15) is 5.10 Å². The molecule has 0 unspecified atom stereocenters. The predicted octanol–water partition coefficient (Wildman–Crippen LogP) is 1.54. The van der Waals surface area contributed by atoms with Crippen LogP contribution in [0, 0.1) is 0 Å². The van der Waals surface area contributed by atoms with Crippen LogP contribution in [0.15, 0.2) is 30.5 Å². The van der Waals surface area contributed by atoms with Gasteiger partial charge in [-0.25, -0.2) is 4.98 Å². The average molecular weight is 301 g/mol. The van der Waals surface area contributed by atoms with Crippen LogP contribution in [0.3, 0.4) is 0 Å². The summed E-state index contributed by atoms with van der Waals surface area (Å²) in [6, 6.07) is 7.71. The highest BCUT2D eigenvalue weighted by Crippen LogP contribution is 2.17. The number of aromatic amines is 1. The molecule has 3 heterocycles. The molecule has 0 saturated carbocycles. The van der Waals surface area contributed by atoms with E-state index in [4.69, 9.17) is 4.74 Å². The third-order valence-electron chi connectivity index (χ3n) is 3.83. The number of nitrogens with zero attached hydrogens (tertiary/aromatic N) is 3. The first-order chi connectivity index (χ1) is 10.9. The molecule has 1 aliphatic heterocycles. The highest BCUT2D eigenvalue weighted by Gasteiger charge is 2.08. The number of H-pyrrole nitrogens is 1. The molecule has 1 fully saturated rings. The maximum Gasteiger partial charge on any atom is 0.213 e. The standard InChI is InChI=1S/C16H23N5O/c1(10-21-11-8-17-9-12-21)2-13-22-16-5-3-4-14(19-16)15-6-7-18-20-15/h3-7,17H,1-2,8-13H2,(H,18,20). The number of piperazine rings is 1. The summed E-state index contributed by atoms with van der Waals surface area (Å²) in [5.74, 6) is 0.675. The summed E-state index contributed by atoms with van der Waals surface area (Å²) in [6.07, 6.45) is 3.95. The molecule has 1 aliphatic rings.